The van der Waals surface area contributed by atoms with Gasteiger partial charge >= 0.3 is 0 Å². The molecule has 0 unspecified atom stereocenters. The van der Waals surface area contributed by atoms with Gasteiger partial charge in [-0.05, 0) is 96.1 Å². The number of nitrogens with zero attached hydrogens (tertiary/aromatic N) is 6. The van der Waals surface area contributed by atoms with Crippen LogP contribution in [0.5, 0.6) is 5.75 Å². The number of aromatic nitrogens is 5. The van der Waals surface area contributed by atoms with Gasteiger partial charge in [0.2, 0.25) is 0 Å². The molecule has 2 aromatic heterocycles. The van der Waals surface area contributed by atoms with Gasteiger partial charge in [0.15, 0.2) is 5.82 Å². The van der Waals surface area contributed by atoms with Gasteiger partial charge < -0.3 is 14.5 Å². The molecular weight excluding hydrogens is 518 g/mol. The van der Waals surface area contributed by atoms with Crippen LogP contribution in [0.2, 0.25) is 0 Å². The van der Waals surface area contributed by atoms with Gasteiger partial charge in [-0.15, -0.1) is 5.10 Å². The Balaban J connectivity index is 1.42. The average Bonchev–Trinajstić information content (AvgIpc) is 3.43. The fraction of sp³-hybridized carbons (Fsp3) is 0.484. The molecule has 1 atom stereocenters. The summed E-state index contributed by atoms with van der Waals surface area (Å²) in [5.74, 6) is 1.62. The van der Waals surface area contributed by atoms with Crippen molar-refractivity contribution in [3.63, 3.8) is 0 Å². The minimum Gasteiger partial charge on any atom is -0.497 e. The molecule has 2 aromatic carbocycles. The van der Waals surface area contributed by atoms with Crippen molar-refractivity contribution >= 4 is 10.9 Å². The molecule has 3 heterocycles. The lowest BCUT2D eigenvalue weighted by molar-refractivity contribution is 0.0349. The number of nitrogens with one attached hydrogen (secondary N) is 1. The summed E-state index contributed by atoms with van der Waals surface area (Å²) in [6.45, 7) is 12.7. The van der Waals surface area contributed by atoms with Crippen LogP contribution in [0, 0.1) is 13.8 Å². The van der Waals surface area contributed by atoms with E-state index >= 15 is 0 Å². The molecule has 218 valence electrons. The molecule has 0 saturated carbocycles. The van der Waals surface area contributed by atoms with Gasteiger partial charge in [0, 0.05) is 37.3 Å². The van der Waals surface area contributed by atoms with E-state index in [2.05, 4.69) is 63.2 Å². The molecule has 0 radical (unpaired) electrons. The van der Waals surface area contributed by atoms with Crippen LogP contribution in [0.1, 0.15) is 53.9 Å². The minimum absolute atomic E-state index is 0.0494. The van der Waals surface area contributed by atoms with E-state index in [1.165, 1.54) is 11.1 Å². The van der Waals surface area contributed by atoms with Crippen LogP contribution in [0.15, 0.2) is 47.3 Å². The molecule has 0 spiro atoms. The number of aryl methyl sites for hydroxylation is 2. The minimum atomic E-state index is -0.0530. The van der Waals surface area contributed by atoms with E-state index in [1.807, 2.05) is 35.0 Å². The second kappa shape index (κ2) is 13.4. The smallest absolute Gasteiger partial charge is 0.252 e. The molecule has 5 rings (SSSR count). The lowest BCUT2D eigenvalue weighted by Gasteiger charge is -2.32. The molecule has 10 heteroatoms. The average molecular weight is 560 g/mol. The first kappa shape index (κ1) is 28.9. The number of benzene rings is 2. The number of H-pyrrole nitrogens is 1. The number of rotatable bonds is 12. The summed E-state index contributed by atoms with van der Waals surface area (Å²) in [4.78, 5) is 21.2. The van der Waals surface area contributed by atoms with E-state index in [9.17, 15) is 4.79 Å². The van der Waals surface area contributed by atoms with E-state index in [4.69, 9.17) is 9.47 Å². The highest BCUT2D eigenvalue weighted by atomic mass is 16.5. The maximum atomic E-state index is 13.3. The highest BCUT2D eigenvalue weighted by Crippen LogP contribution is 2.26. The van der Waals surface area contributed by atoms with E-state index in [0.717, 1.165) is 85.8 Å². The molecule has 10 nitrogen and oxygen atoms in total. The molecule has 1 aliphatic rings. The number of aromatic amines is 1. The summed E-state index contributed by atoms with van der Waals surface area (Å²) < 4.78 is 12.7. The molecule has 0 bridgehead atoms. The summed E-state index contributed by atoms with van der Waals surface area (Å²) in [7, 11) is 1.66. The van der Waals surface area contributed by atoms with Gasteiger partial charge in [-0.3, -0.25) is 14.6 Å². The van der Waals surface area contributed by atoms with Crippen molar-refractivity contribution in [3.05, 3.63) is 80.9 Å². The fourth-order valence-corrected chi connectivity index (χ4v) is 5.60. The molecule has 1 saturated heterocycles. The first-order valence-corrected chi connectivity index (χ1v) is 14.5. The maximum Gasteiger partial charge on any atom is 0.252 e. The Morgan fingerprint density at radius 1 is 1.10 bits per heavy atom. The van der Waals surface area contributed by atoms with Gasteiger partial charge in [0.05, 0.1) is 32.9 Å². The van der Waals surface area contributed by atoms with Gasteiger partial charge in [0.1, 0.15) is 5.75 Å². The Morgan fingerprint density at radius 3 is 2.59 bits per heavy atom. The molecule has 41 heavy (non-hydrogen) atoms. The zero-order valence-corrected chi connectivity index (χ0v) is 24.6. The third kappa shape index (κ3) is 7.01. The predicted octanol–water partition coefficient (Wildman–Crippen LogP) is 3.86. The number of morpholine rings is 1. The van der Waals surface area contributed by atoms with E-state index in [-0.39, 0.29) is 11.6 Å². The Kier molecular flexibility index (Phi) is 9.43. The van der Waals surface area contributed by atoms with Crippen LogP contribution < -0.4 is 10.3 Å². The van der Waals surface area contributed by atoms with Gasteiger partial charge in [-0.1, -0.05) is 19.1 Å². The monoisotopic (exact) mass is 559 g/mol. The quantitative estimate of drug-likeness (QED) is 0.279. The Labute approximate surface area is 241 Å². The number of pyridine rings is 1. The van der Waals surface area contributed by atoms with Gasteiger partial charge in [0.25, 0.3) is 5.56 Å². The van der Waals surface area contributed by atoms with Crippen LogP contribution in [0.4, 0.5) is 0 Å². The van der Waals surface area contributed by atoms with Gasteiger partial charge in [-0.25, -0.2) is 4.68 Å². The third-order valence-electron chi connectivity index (χ3n) is 8.11. The highest BCUT2D eigenvalue weighted by molar-refractivity contribution is 5.80. The van der Waals surface area contributed by atoms with Crippen molar-refractivity contribution in [2.45, 2.75) is 52.7 Å². The third-order valence-corrected chi connectivity index (χ3v) is 8.11. The van der Waals surface area contributed by atoms with E-state index in [1.54, 1.807) is 7.11 Å². The van der Waals surface area contributed by atoms with Crippen molar-refractivity contribution in [2.24, 2.45) is 0 Å². The number of hydrogen-bond donors (Lipinski definition) is 1. The standard InChI is InChI=1S/C31H41N7O3/c1-5-29(30-33-34-35-38(30)20-24-7-9-27(40-4)10-8-24)37(12-6-11-36-13-15-41-16-14-36)21-26-19-25-17-22(2)23(3)18-28(25)32-31(26)39/h7-10,17-19,29H,5-6,11-16,20-21H2,1-4H3,(H,32,39)/t29-/m0/s1. The molecule has 1 N–H and O–H groups in total. The van der Waals surface area contributed by atoms with Crippen molar-refractivity contribution in [1.29, 1.82) is 0 Å². The van der Waals surface area contributed by atoms with Crippen LogP contribution in [0.3, 0.4) is 0 Å². The zero-order valence-electron chi connectivity index (χ0n) is 24.6. The second-order valence-corrected chi connectivity index (χ2v) is 10.9. The number of fused-ring (bicyclic) bond motifs is 1. The normalized spacial score (nSPS) is 15.0. The van der Waals surface area contributed by atoms with Crippen molar-refractivity contribution in [2.75, 3.05) is 46.5 Å². The Morgan fingerprint density at radius 2 is 1.85 bits per heavy atom. The topological polar surface area (TPSA) is 101 Å². The zero-order chi connectivity index (χ0) is 28.8. The number of tetrazole rings is 1. The van der Waals surface area contributed by atoms with Gasteiger partial charge in [-0.2, -0.15) is 0 Å². The first-order chi connectivity index (χ1) is 19.9. The van der Waals surface area contributed by atoms with Crippen LogP contribution >= 0.6 is 0 Å². The van der Waals surface area contributed by atoms with Crippen molar-refractivity contribution < 1.29 is 9.47 Å². The van der Waals surface area contributed by atoms with E-state index < -0.39 is 0 Å². The first-order valence-electron chi connectivity index (χ1n) is 14.5. The number of hydrogen-bond acceptors (Lipinski definition) is 8. The molecule has 0 amide bonds. The largest absolute Gasteiger partial charge is 0.497 e. The summed E-state index contributed by atoms with van der Waals surface area (Å²) in [6.07, 6.45) is 1.78. The molecule has 0 aliphatic carbocycles. The highest BCUT2D eigenvalue weighted by Gasteiger charge is 2.26. The second-order valence-electron chi connectivity index (χ2n) is 10.9. The van der Waals surface area contributed by atoms with Crippen LogP contribution in [0.25, 0.3) is 10.9 Å². The molecule has 1 aliphatic heterocycles. The Bertz CT molecular complexity index is 1490. The van der Waals surface area contributed by atoms with Crippen molar-refractivity contribution in [1.82, 2.24) is 35.0 Å². The molecular formula is C31H41N7O3. The fourth-order valence-electron chi connectivity index (χ4n) is 5.60. The summed E-state index contributed by atoms with van der Waals surface area (Å²) in [6, 6.07) is 14.2. The lowest BCUT2D eigenvalue weighted by atomic mass is 10.0. The molecule has 1 fully saturated rings. The van der Waals surface area contributed by atoms with E-state index in [0.29, 0.717) is 13.1 Å². The lowest BCUT2D eigenvalue weighted by Crippen LogP contribution is -2.39. The maximum absolute atomic E-state index is 13.3. The number of methoxy groups -OCH3 is 1. The summed E-state index contributed by atoms with van der Waals surface area (Å²) >= 11 is 0. The van der Waals surface area contributed by atoms with Crippen LogP contribution in [-0.4, -0.2) is 81.5 Å². The summed E-state index contributed by atoms with van der Waals surface area (Å²) in [5, 5.41) is 14.0. The molecule has 4 aromatic rings. The van der Waals surface area contributed by atoms with Crippen molar-refractivity contribution in [3.8, 4) is 5.75 Å². The van der Waals surface area contributed by atoms with Crippen LogP contribution in [-0.2, 0) is 17.8 Å². The number of ether oxygens (including phenoxy) is 2. The SMILES string of the molecule is CC[C@@H](c1nnnn1Cc1ccc(OC)cc1)N(CCCN1CCOCC1)Cc1cc2cc(C)c(C)cc2[nH]c1=O. The summed E-state index contributed by atoms with van der Waals surface area (Å²) in [5.41, 5.74) is 5.04. The predicted molar refractivity (Wildman–Crippen MR) is 159 cm³/mol. The Hall–Kier alpha value is -3.60.